The van der Waals surface area contributed by atoms with Crippen LogP contribution in [0.3, 0.4) is 0 Å². The molecule has 1 aliphatic rings. The van der Waals surface area contributed by atoms with Crippen molar-refractivity contribution in [1.29, 1.82) is 0 Å². The van der Waals surface area contributed by atoms with E-state index >= 15 is 0 Å². The van der Waals surface area contributed by atoms with Gasteiger partial charge in [0.25, 0.3) is 5.91 Å². The first-order chi connectivity index (χ1) is 12.1. The molecule has 5 nitrogen and oxygen atoms in total. The van der Waals surface area contributed by atoms with Gasteiger partial charge in [-0.25, -0.2) is 5.01 Å². The van der Waals surface area contributed by atoms with E-state index in [-0.39, 0.29) is 11.8 Å². The Kier molecular flexibility index (Phi) is 5.28. The van der Waals surface area contributed by atoms with Gasteiger partial charge < -0.3 is 4.90 Å². The molecule has 2 amide bonds. The summed E-state index contributed by atoms with van der Waals surface area (Å²) in [4.78, 5) is 28.0. The Morgan fingerprint density at radius 2 is 2.12 bits per heavy atom. The summed E-state index contributed by atoms with van der Waals surface area (Å²) in [5.41, 5.74) is 2.20. The molecule has 0 N–H and O–H groups in total. The number of thiophene rings is 1. The van der Waals surface area contributed by atoms with E-state index in [0.29, 0.717) is 37.3 Å². The number of hydrazone groups is 1. The maximum Gasteiger partial charge on any atom is 0.270 e. The number of hydrogen-bond acceptors (Lipinski definition) is 4. The first-order valence-electron chi connectivity index (χ1n) is 8.37. The van der Waals surface area contributed by atoms with Gasteiger partial charge in [0.15, 0.2) is 0 Å². The van der Waals surface area contributed by atoms with Crippen LogP contribution in [0.1, 0.15) is 30.2 Å². The van der Waals surface area contributed by atoms with Crippen molar-refractivity contribution in [3.05, 3.63) is 52.2 Å². The van der Waals surface area contributed by atoms with Gasteiger partial charge in [0.1, 0.15) is 5.71 Å². The molecule has 0 radical (unpaired) electrons. The predicted octanol–water partition coefficient (Wildman–Crippen LogP) is 3.59. The number of carbonyl (C=O) groups is 2. The lowest BCUT2D eigenvalue weighted by molar-refractivity contribution is -0.124. The summed E-state index contributed by atoms with van der Waals surface area (Å²) in [7, 11) is 0. The van der Waals surface area contributed by atoms with Crippen molar-refractivity contribution in [2.75, 3.05) is 11.6 Å². The lowest BCUT2D eigenvalue weighted by Crippen LogP contribution is -2.41. The third-order valence-corrected chi connectivity index (χ3v) is 4.98. The number of nitrogens with zero attached hydrogens (tertiary/aromatic N) is 3. The standard InChI is InChI=1S/C19H21N3O2S/c1-3-21(13-16-8-5-11-25-16)19(24)17-9-10-18(23)22(20-17)15-7-4-6-14(2)12-15/h4-8,11-12H,3,9-10,13H2,1-2H3. The maximum absolute atomic E-state index is 12.9. The summed E-state index contributed by atoms with van der Waals surface area (Å²) in [6, 6.07) is 11.6. The quantitative estimate of drug-likeness (QED) is 0.823. The van der Waals surface area contributed by atoms with Gasteiger partial charge in [-0.1, -0.05) is 18.2 Å². The zero-order valence-electron chi connectivity index (χ0n) is 14.4. The molecule has 0 aliphatic carbocycles. The van der Waals surface area contributed by atoms with Crippen LogP contribution in [0.4, 0.5) is 5.69 Å². The van der Waals surface area contributed by atoms with Crippen molar-refractivity contribution in [2.24, 2.45) is 5.10 Å². The van der Waals surface area contributed by atoms with Crippen molar-refractivity contribution in [2.45, 2.75) is 33.2 Å². The molecule has 0 saturated carbocycles. The summed E-state index contributed by atoms with van der Waals surface area (Å²) in [5, 5.41) is 7.75. The predicted molar refractivity (Wildman–Crippen MR) is 101 cm³/mol. The second kappa shape index (κ2) is 7.61. The first kappa shape index (κ1) is 17.4. The minimum atomic E-state index is -0.0962. The molecule has 0 unspecified atom stereocenters. The lowest BCUT2D eigenvalue weighted by atomic mass is 10.1. The molecule has 1 aromatic heterocycles. The van der Waals surface area contributed by atoms with Crippen LogP contribution in [0.2, 0.25) is 0 Å². The van der Waals surface area contributed by atoms with E-state index in [9.17, 15) is 9.59 Å². The normalized spacial score (nSPS) is 14.4. The highest BCUT2D eigenvalue weighted by atomic mass is 32.1. The van der Waals surface area contributed by atoms with Crippen LogP contribution in [-0.4, -0.2) is 29.0 Å². The molecule has 25 heavy (non-hydrogen) atoms. The molecule has 0 saturated heterocycles. The van der Waals surface area contributed by atoms with E-state index in [2.05, 4.69) is 5.10 Å². The molecule has 2 heterocycles. The summed E-state index contributed by atoms with van der Waals surface area (Å²) in [6.45, 7) is 5.10. The second-order valence-electron chi connectivity index (χ2n) is 5.99. The van der Waals surface area contributed by atoms with Crippen LogP contribution in [0, 0.1) is 6.92 Å². The molecule has 0 fully saturated rings. The van der Waals surface area contributed by atoms with Gasteiger partial charge in [-0.2, -0.15) is 5.10 Å². The molecule has 0 atom stereocenters. The Bertz CT molecular complexity index is 799. The van der Waals surface area contributed by atoms with Crippen molar-refractivity contribution in [1.82, 2.24) is 4.90 Å². The monoisotopic (exact) mass is 355 g/mol. The fourth-order valence-electron chi connectivity index (χ4n) is 2.77. The van der Waals surface area contributed by atoms with Gasteiger partial charge in [0, 0.05) is 24.3 Å². The summed E-state index contributed by atoms with van der Waals surface area (Å²) < 4.78 is 0. The Hall–Kier alpha value is -2.47. The van der Waals surface area contributed by atoms with E-state index in [1.807, 2.05) is 55.6 Å². The smallest absolute Gasteiger partial charge is 0.270 e. The Balaban J connectivity index is 1.83. The molecule has 2 aromatic rings. The number of rotatable bonds is 5. The topological polar surface area (TPSA) is 53.0 Å². The summed E-state index contributed by atoms with van der Waals surface area (Å²) in [5.74, 6) is -0.176. The third kappa shape index (κ3) is 3.96. The fourth-order valence-corrected chi connectivity index (χ4v) is 3.49. The zero-order chi connectivity index (χ0) is 17.8. The van der Waals surface area contributed by atoms with Crippen LogP contribution in [0.25, 0.3) is 0 Å². The van der Waals surface area contributed by atoms with Crippen molar-refractivity contribution in [3.63, 3.8) is 0 Å². The molecular weight excluding hydrogens is 334 g/mol. The van der Waals surface area contributed by atoms with Gasteiger partial charge in [0.2, 0.25) is 5.91 Å². The second-order valence-corrected chi connectivity index (χ2v) is 7.02. The highest BCUT2D eigenvalue weighted by Gasteiger charge is 2.28. The van der Waals surface area contributed by atoms with Crippen LogP contribution in [0.5, 0.6) is 0 Å². The molecule has 130 valence electrons. The lowest BCUT2D eigenvalue weighted by Gasteiger charge is -2.26. The average Bonchev–Trinajstić information content (AvgIpc) is 3.12. The summed E-state index contributed by atoms with van der Waals surface area (Å²) >= 11 is 1.63. The highest BCUT2D eigenvalue weighted by molar-refractivity contribution is 7.09. The SMILES string of the molecule is CCN(Cc1cccs1)C(=O)C1=NN(c2cccc(C)c2)C(=O)CC1. The van der Waals surface area contributed by atoms with E-state index in [1.54, 1.807) is 16.2 Å². The maximum atomic E-state index is 12.9. The van der Waals surface area contributed by atoms with Crippen molar-refractivity contribution >= 4 is 34.6 Å². The largest absolute Gasteiger partial charge is 0.333 e. The minimum Gasteiger partial charge on any atom is -0.333 e. The Labute approximate surface area is 151 Å². The Morgan fingerprint density at radius 3 is 2.80 bits per heavy atom. The van der Waals surface area contributed by atoms with E-state index < -0.39 is 0 Å². The number of hydrogen-bond donors (Lipinski definition) is 0. The van der Waals surface area contributed by atoms with Crippen LogP contribution in [-0.2, 0) is 16.1 Å². The van der Waals surface area contributed by atoms with Gasteiger partial charge >= 0.3 is 0 Å². The molecular formula is C19H21N3O2S. The van der Waals surface area contributed by atoms with Crippen LogP contribution < -0.4 is 5.01 Å². The minimum absolute atomic E-state index is 0.0801. The number of carbonyl (C=O) groups excluding carboxylic acids is 2. The van der Waals surface area contributed by atoms with Gasteiger partial charge in [0.05, 0.1) is 12.2 Å². The molecule has 1 aliphatic heterocycles. The van der Waals surface area contributed by atoms with Crippen LogP contribution in [0.15, 0.2) is 46.9 Å². The van der Waals surface area contributed by atoms with Crippen LogP contribution >= 0.6 is 11.3 Å². The first-order valence-corrected chi connectivity index (χ1v) is 9.25. The van der Waals surface area contributed by atoms with Gasteiger partial charge in [-0.05, 0) is 43.0 Å². The molecule has 3 rings (SSSR count). The van der Waals surface area contributed by atoms with Gasteiger partial charge in [-0.15, -0.1) is 11.3 Å². The number of aryl methyl sites for hydroxylation is 1. The molecule has 6 heteroatoms. The van der Waals surface area contributed by atoms with E-state index in [0.717, 1.165) is 10.4 Å². The van der Waals surface area contributed by atoms with E-state index in [4.69, 9.17) is 0 Å². The summed E-state index contributed by atoms with van der Waals surface area (Å²) in [6.07, 6.45) is 0.690. The van der Waals surface area contributed by atoms with Gasteiger partial charge in [-0.3, -0.25) is 9.59 Å². The number of benzene rings is 1. The zero-order valence-corrected chi connectivity index (χ0v) is 15.3. The third-order valence-electron chi connectivity index (χ3n) is 4.12. The number of amides is 2. The molecule has 0 spiro atoms. The van der Waals surface area contributed by atoms with Crippen molar-refractivity contribution < 1.29 is 9.59 Å². The number of anilines is 1. The van der Waals surface area contributed by atoms with Crippen molar-refractivity contribution in [3.8, 4) is 0 Å². The highest BCUT2D eigenvalue weighted by Crippen LogP contribution is 2.22. The average molecular weight is 355 g/mol. The molecule has 0 bridgehead atoms. The fraction of sp³-hybridized carbons (Fsp3) is 0.316. The molecule has 1 aromatic carbocycles. The Morgan fingerprint density at radius 1 is 1.28 bits per heavy atom. The van der Waals surface area contributed by atoms with E-state index in [1.165, 1.54) is 5.01 Å².